The summed E-state index contributed by atoms with van der Waals surface area (Å²) in [5.41, 5.74) is 0. The minimum atomic E-state index is 0.754. The van der Waals surface area contributed by atoms with E-state index in [0.29, 0.717) is 0 Å². The van der Waals surface area contributed by atoms with Gasteiger partial charge in [0.15, 0.2) is 0 Å². The fourth-order valence-electron chi connectivity index (χ4n) is 3.94. The molecule has 2 nitrogen and oxygen atoms in total. The van der Waals surface area contributed by atoms with Crippen LogP contribution in [0.25, 0.3) is 0 Å². The molecule has 2 heteroatoms. The Morgan fingerprint density at radius 2 is 1.84 bits per heavy atom. The Hall–Kier alpha value is -0.0800. The molecular weight excluding hydrogens is 232 g/mol. The van der Waals surface area contributed by atoms with Gasteiger partial charge in [0.25, 0.3) is 0 Å². The lowest BCUT2D eigenvalue weighted by Crippen LogP contribution is -2.53. The average molecular weight is 266 g/mol. The van der Waals surface area contributed by atoms with Crippen LogP contribution in [0, 0.1) is 11.8 Å². The molecule has 0 aromatic heterocycles. The van der Waals surface area contributed by atoms with E-state index in [0.717, 1.165) is 23.9 Å². The molecule has 1 aliphatic carbocycles. The van der Waals surface area contributed by atoms with Gasteiger partial charge in [-0.2, -0.15) is 0 Å². The summed E-state index contributed by atoms with van der Waals surface area (Å²) in [5, 5.41) is 3.83. The maximum absolute atomic E-state index is 3.83. The van der Waals surface area contributed by atoms with E-state index in [4.69, 9.17) is 0 Å². The van der Waals surface area contributed by atoms with E-state index >= 15 is 0 Å². The van der Waals surface area contributed by atoms with Crippen molar-refractivity contribution in [2.45, 2.75) is 77.8 Å². The lowest BCUT2D eigenvalue weighted by molar-refractivity contribution is 0.103. The summed E-state index contributed by atoms with van der Waals surface area (Å²) in [7, 11) is 0. The molecule has 2 aliphatic rings. The highest BCUT2D eigenvalue weighted by Gasteiger charge is 2.33. The smallest absolute Gasteiger partial charge is 0.0251 e. The normalized spacial score (nSPS) is 38.1. The van der Waals surface area contributed by atoms with Crippen molar-refractivity contribution in [1.82, 2.24) is 10.2 Å². The van der Waals surface area contributed by atoms with Crippen LogP contribution >= 0.6 is 0 Å². The SMILES string of the molecule is CCCNC1CCC(C)CC1N1CCCC(C)CC1. The summed E-state index contributed by atoms with van der Waals surface area (Å²) in [6, 6.07) is 1.56. The first-order chi connectivity index (χ1) is 9.20. The van der Waals surface area contributed by atoms with Gasteiger partial charge in [0.05, 0.1) is 0 Å². The highest BCUT2D eigenvalue weighted by Crippen LogP contribution is 2.30. The second-order valence-corrected chi connectivity index (χ2v) is 7.12. The van der Waals surface area contributed by atoms with Crippen LogP contribution in [-0.2, 0) is 0 Å². The zero-order valence-corrected chi connectivity index (χ0v) is 13.3. The molecule has 1 N–H and O–H groups in total. The fourth-order valence-corrected chi connectivity index (χ4v) is 3.94. The standard InChI is InChI=1S/C17H34N2/c1-4-10-18-16-8-7-15(3)13-17(16)19-11-5-6-14(2)9-12-19/h14-18H,4-13H2,1-3H3. The minimum absolute atomic E-state index is 0.754. The zero-order chi connectivity index (χ0) is 13.7. The third kappa shape index (κ3) is 4.46. The zero-order valence-electron chi connectivity index (χ0n) is 13.3. The molecule has 0 bridgehead atoms. The summed E-state index contributed by atoms with van der Waals surface area (Å²) < 4.78 is 0. The maximum Gasteiger partial charge on any atom is 0.0251 e. The number of hydrogen-bond donors (Lipinski definition) is 1. The highest BCUT2D eigenvalue weighted by atomic mass is 15.2. The Kier molecular flexibility index (Phi) is 6.15. The van der Waals surface area contributed by atoms with E-state index < -0.39 is 0 Å². The van der Waals surface area contributed by atoms with Crippen LogP contribution in [0.1, 0.15) is 65.7 Å². The molecule has 0 amide bonds. The van der Waals surface area contributed by atoms with E-state index in [1.807, 2.05) is 0 Å². The number of nitrogens with zero attached hydrogens (tertiary/aromatic N) is 1. The Morgan fingerprint density at radius 3 is 2.63 bits per heavy atom. The summed E-state index contributed by atoms with van der Waals surface area (Å²) in [4.78, 5) is 2.83. The molecule has 4 unspecified atom stereocenters. The third-order valence-corrected chi connectivity index (χ3v) is 5.26. The molecule has 4 atom stereocenters. The highest BCUT2D eigenvalue weighted by molar-refractivity contribution is 4.91. The van der Waals surface area contributed by atoms with Crippen LogP contribution in [0.15, 0.2) is 0 Å². The molecule has 1 saturated carbocycles. The van der Waals surface area contributed by atoms with Crippen molar-refractivity contribution < 1.29 is 0 Å². The van der Waals surface area contributed by atoms with Crippen LogP contribution in [0.4, 0.5) is 0 Å². The number of nitrogens with one attached hydrogen (secondary N) is 1. The summed E-state index contributed by atoms with van der Waals surface area (Å²) in [6.07, 6.45) is 9.73. The Labute approximate surface area is 120 Å². The van der Waals surface area contributed by atoms with Gasteiger partial charge < -0.3 is 5.32 Å². The monoisotopic (exact) mass is 266 g/mol. The van der Waals surface area contributed by atoms with E-state index in [2.05, 4.69) is 31.0 Å². The van der Waals surface area contributed by atoms with Crippen molar-refractivity contribution in [2.24, 2.45) is 11.8 Å². The van der Waals surface area contributed by atoms with Crippen LogP contribution in [-0.4, -0.2) is 36.6 Å². The van der Waals surface area contributed by atoms with Crippen LogP contribution in [0.5, 0.6) is 0 Å². The van der Waals surface area contributed by atoms with Gasteiger partial charge in [-0.15, -0.1) is 0 Å². The molecule has 0 aromatic rings. The van der Waals surface area contributed by atoms with Crippen molar-refractivity contribution in [2.75, 3.05) is 19.6 Å². The molecule has 2 rings (SSSR count). The maximum atomic E-state index is 3.83. The molecule has 0 radical (unpaired) electrons. The van der Waals surface area contributed by atoms with Crippen molar-refractivity contribution in [1.29, 1.82) is 0 Å². The first kappa shape index (κ1) is 15.3. The Balaban J connectivity index is 1.95. The minimum Gasteiger partial charge on any atom is -0.312 e. The van der Waals surface area contributed by atoms with Crippen LogP contribution in [0.2, 0.25) is 0 Å². The van der Waals surface area contributed by atoms with Gasteiger partial charge >= 0.3 is 0 Å². The molecule has 112 valence electrons. The van der Waals surface area contributed by atoms with E-state index in [1.165, 1.54) is 64.6 Å². The lowest BCUT2D eigenvalue weighted by Gasteiger charge is -2.42. The van der Waals surface area contributed by atoms with Crippen molar-refractivity contribution in [3.05, 3.63) is 0 Å². The second kappa shape index (κ2) is 7.64. The van der Waals surface area contributed by atoms with Gasteiger partial charge in [-0.05, 0) is 76.4 Å². The van der Waals surface area contributed by atoms with Crippen LogP contribution < -0.4 is 5.32 Å². The molecule has 0 spiro atoms. The largest absolute Gasteiger partial charge is 0.312 e. The van der Waals surface area contributed by atoms with E-state index in [-0.39, 0.29) is 0 Å². The third-order valence-electron chi connectivity index (χ3n) is 5.26. The van der Waals surface area contributed by atoms with Crippen molar-refractivity contribution >= 4 is 0 Å². The molecule has 2 fully saturated rings. The Bertz CT molecular complexity index is 252. The number of rotatable bonds is 4. The second-order valence-electron chi connectivity index (χ2n) is 7.12. The van der Waals surface area contributed by atoms with Crippen molar-refractivity contribution in [3.8, 4) is 0 Å². The molecule has 19 heavy (non-hydrogen) atoms. The van der Waals surface area contributed by atoms with Gasteiger partial charge in [0.2, 0.25) is 0 Å². The fraction of sp³-hybridized carbons (Fsp3) is 1.00. The average Bonchev–Trinajstić information content (AvgIpc) is 2.62. The van der Waals surface area contributed by atoms with Crippen LogP contribution in [0.3, 0.4) is 0 Å². The van der Waals surface area contributed by atoms with Gasteiger partial charge in [-0.1, -0.05) is 20.8 Å². The predicted molar refractivity (Wildman–Crippen MR) is 83.5 cm³/mol. The summed E-state index contributed by atoms with van der Waals surface area (Å²) in [6.45, 7) is 11.0. The quantitative estimate of drug-likeness (QED) is 0.835. The van der Waals surface area contributed by atoms with Gasteiger partial charge in [0, 0.05) is 12.1 Å². The van der Waals surface area contributed by atoms with Gasteiger partial charge in [-0.3, -0.25) is 4.90 Å². The topological polar surface area (TPSA) is 15.3 Å². The van der Waals surface area contributed by atoms with E-state index in [9.17, 15) is 0 Å². The molecule has 0 aromatic carbocycles. The lowest BCUT2D eigenvalue weighted by atomic mass is 9.82. The molecule has 1 heterocycles. The molecule has 1 aliphatic heterocycles. The Morgan fingerprint density at radius 1 is 1.00 bits per heavy atom. The van der Waals surface area contributed by atoms with E-state index in [1.54, 1.807) is 0 Å². The van der Waals surface area contributed by atoms with Gasteiger partial charge in [-0.25, -0.2) is 0 Å². The number of hydrogen-bond acceptors (Lipinski definition) is 2. The van der Waals surface area contributed by atoms with Gasteiger partial charge in [0.1, 0.15) is 0 Å². The first-order valence-corrected chi connectivity index (χ1v) is 8.68. The summed E-state index contributed by atoms with van der Waals surface area (Å²) >= 11 is 0. The van der Waals surface area contributed by atoms with Crippen molar-refractivity contribution in [3.63, 3.8) is 0 Å². The number of likely N-dealkylation sites (tertiary alicyclic amines) is 1. The summed E-state index contributed by atoms with van der Waals surface area (Å²) in [5.74, 6) is 1.86. The predicted octanol–water partition coefficient (Wildman–Crippen LogP) is 3.67. The molecular formula is C17H34N2. The molecule has 1 saturated heterocycles. The first-order valence-electron chi connectivity index (χ1n) is 8.68.